The third-order valence-electron chi connectivity index (χ3n) is 6.19. The van der Waals surface area contributed by atoms with E-state index in [0.717, 1.165) is 80.8 Å². The maximum atomic E-state index is 12.5. The second-order valence-electron chi connectivity index (χ2n) is 8.44. The van der Waals surface area contributed by atoms with Gasteiger partial charge < -0.3 is 14.8 Å². The summed E-state index contributed by atoms with van der Waals surface area (Å²) in [4.78, 5) is 17.1. The highest BCUT2D eigenvalue weighted by atomic mass is 35.5. The molecule has 2 aromatic rings. The second kappa shape index (κ2) is 9.90. The summed E-state index contributed by atoms with van der Waals surface area (Å²) in [5, 5.41) is 12.7. The molecule has 1 atom stereocenters. The van der Waals surface area contributed by atoms with Gasteiger partial charge in [0.2, 0.25) is 5.91 Å². The number of carbonyl (C=O) groups excluding carboxylic acids is 1. The smallest absolute Gasteiger partial charge is 0.224 e. The Balaban J connectivity index is 1.29. The normalized spacial score (nSPS) is 20.5. The highest BCUT2D eigenvalue weighted by molar-refractivity contribution is 6.31. The van der Waals surface area contributed by atoms with Gasteiger partial charge in [0.25, 0.3) is 0 Å². The molecule has 2 aliphatic rings. The van der Waals surface area contributed by atoms with E-state index < -0.39 is 0 Å². The van der Waals surface area contributed by atoms with E-state index in [1.54, 1.807) is 0 Å². The van der Waals surface area contributed by atoms with Crippen molar-refractivity contribution in [3.63, 3.8) is 0 Å². The minimum Gasteiger partial charge on any atom is -0.355 e. The molecule has 1 aromatic carbocycles. The third-order valence-corrected chi connectivity index (χ3v) is 6.56. The highest BCUT2D eigenvalue weighted by Crippen LogP contribution is 2.19. The van der Waals surface area contributed by atoms with Gasteiger partial charge in [-0.1, -0.05) is 29.8 Å². The van der Waals surface area contributed by atoms with Crippen molar-refractivity contribution in [1.82, 2.24) is 29.9 Å². The Morgan fingerprint density at radius 2 is 2.07 bits per heavy atom. The van der Waals surface area contributed by atoms with Gasteiger partial charge >= 0.3 is 0 Å². The fourth-order valence-electron chi connectivity index (χ4n) is 4.46. The Labute approximate surface area is 183 Å². The molecule has 1 aromatic heterocycles. The van der Waals surface area contributed by atoms with Crippen LogP contribution in [0.25, 0.3) is 0 Å². The van der Waals surface area contributed by atoms with E-state index in [9.17, 15) is 4.79 Å². The van der Waals surface area contributed by atoms with Crippen molar-refractivity contribution in [1.29, 1.82) is 0 Å². The number of nitrogens with zero attached hydrogens (tertiary/aromatic N) is 5. The van der Waals surface area contributed by atoms with E-state index in [1.165, 1.54) is 0 Å². The van der Waals surface area contributed by atoms with E-state index >= 15 is 0 Å². The maximum absolute atomic E-state index is 12.5. The fourth-order valence-corrected chi connectivity index (χ4v) is 4.66. The largest absolute Gasteiger partial charge is 0.355 e. The summed E-state index contributed by atoms with van der Waals surface area (Å²) in [6.45, 7) is 6.14. The number of carbonyl (C=O) groups is 1. The van der Waals surface area contributed by atoms with Crippen molar-refractivity contribution in [2.45, 2.75) is 38.8 Å². The van der Waals surface area contributed by atoms with Gasteiger partial charge in [-0.3, -0.25) is 9.69 Å². The lowest BCUT2D eigenvalue weighted by molar-refractivity contribution is -0.126. The van der Waals surface area contributed by atoms with Crippen LogP contribution < -0.4 is 5.32 Å². The summed E-state index contributed by atoms with van der Waals surface area (Å²) in [6, 6.07) is 8.03. The molecule has 1 fully saturated rings. The first-order valence-corrected chi connectivity index (χ1v) is 11.3. The molecule has 1 N–H and O–H groups in total. The first-order chi connectivity index (χ1) is 14.6. The molecule has 7 nitrogen and oxygen atoms in total. The van der Waals surface area contributed by atoms with Gasteiger partial charge in [-0.25, -0.2) is 0 Å². The standard InChI is InChI=1S/C22H31ClN6O/c1-27-11-4-6-18(15-27)22(30)24-10-8-20-25-26-21-9-12-28(13-14-29(20)21)16-17-5-2-3-7-19(17)23/h2-3,5,7,18H,4,6,8-16H2,1H3,(H,24,30)/t18-/m0/s1. The first-order valence-electron chi connectivity index (χ1n) is 10.9. The molecular weight excluding hydrogens is 400 g/mol. The van der Waals surface area contributed by atoms with Gasteiger partial charge in [-0.05, 0) is 38.1 Å². The molecule has 2 aliphatic heterocycles. The number of hydrogen-bond acceptors (Lipinski definition) is 5. The Morgan fingerprint density at radius 1 is 1.20 bits per heavy atom. The molecule has 0 aliphatic carbocycles. The van der Waals surface area contributed by atoms with Crippen LogP contribution in [0.1, 0.15) is 30.1 Å². The van der Waals surface area contributed by atoms with Crippen LogP contribution in [0.3, 0.4) is 0 Å². The quantitative estimate of drug-likeness (QED) is 0.759. The number of hydrogen-bond donors (Lipinski definition) is 1. The molecule has 4 rings (SSSR count). The summed E-state index contributed by atoms with van der Waals surface area (Å²) < 4.78 is 2.23. The minimum atomic E-state index is 0.109. The number of likely N-dealkylation sites (tertiary alicyclic amines) is 1. The molecule has 3 heterocycles. The summed E-state index contributed by atoms with van der Waals surface area (Å²) in [6.07, 6.45) is 3.67. The van der Waals surface area contributed by atoms with E-state index in [0.29, 0.717) is 13.0 Å². The average Bonchev–Trinajstić information content (AvgIpc) is 3.01. The average molecular weight is 431 g/mol. The number of piperidine rings is 1. The zero-order valence-electron chi connectivity index (χ0n) is 17.7. The molecule has 0 unspecified atom stereocenters. The van der Waals surface area contributed by atoms with E-state index in [4.69, 9.17) is 11.6 Å². The summed E-state index contributed by atoms with van der Waals surface area (Å²) in [5.74, 6) is 2.28. The van der Waals surface area contributed by atoms with Gasteiger partial charge in [0, 0.05) is 57.1 Å². The van der Waals surface area contributed by atoms with Crippen LogP contribution in [-0.4, -0.2) is 70.2 Å². The van der Waals surface area contributed by atoms with Gasteiger partial charge in [0.1, 0.15) is 11.6 Å². The number of halogens is 1. The predicted octanol–water partition coefficient (Wildman–Crippen LogP) is 1.99. The number of benzene rings is 1. The van der Waals surface area contributed by atoms with Crippen LogP contribution >= 0.6 is 11.6 Å². The summed E-state index contributed by atoms with van der Waals surface area (Å²) >= 11 is 6.33. The Bertz CT molecular complexity index is 869. The van der Waals surface area contributed by atoms with Crippen LogP contribution in [0.15, 0.2) is 24.3 Å². The molecule has 0 spiro atoms. The Kier molecular flexibility index (Phi) is 7.02. The molecule has 1 amide bonds. The zero-order valence-corrected chi connectivity index (χ0v) is 18.4. The Hall–Kier alpha value is -1.96. The fraction of sp³-hybridized carbons (Fsp3) is 0.591. The molecule has 1 saturated heterocycles. The SMILES string of the molecule is CN1CCC[C@H](C(=O)NCCc2nnc3n2CCN(Cc2ccccc2Cl)CC3)C1. The van der Waals surface area contributed by atoms with Gasteiger partial charge in [-0.15, -0.1) is 10.2 Å². The third kappa shape index (κ3) is 5.20. The van der Waals surface area contributed by atoms with E-state index in [-0.39, 0.29) is 11.8 Å². The van der Waals surface area contributed by atoms with E-state index in [1.807, 2.05) is 18.2 Å². The number of amides is 1. The Morgan fingerprint density at radius 3 is 2.90 bits per heavy atom. The summed E-state index contributed by atoms with van der Waals surface area (Å²) in [7, 11) is 2.08. The molecule has 0 radical (unpaired) electrons. The number of nitrogens with one attached hydrogen (secondary N) is 1. The molecule has 0 bridgehead atoms. The van der Waals surface area contributed by atoms with Crippen molar-refractivity contribution in [3.05, 3.63) is 46.5 Å². The number of fused-ring (bicyclic) bond motifs is 1. The number of aromatic nitrogens is 3. The molecule has 8 heteroatoms. The molecule has 0 saturated carbocycles. The van der Waals surface area contributed by atoms with Crippen LogP contribution in [-0.2, 0) is 30.7 Å². The zero-order chi connectivity index (χ0) is 20.9. The van der Waals surface area contributed by atoms with Gasteiger partial charge in [-0.2, -0.15) is 0 Å². The highest BCUT2D eigenvalue weighted by Gasteiger charge is 2.24. The van der Waals surface area contributed by atoms with Crippen molar-refractivity contribution >= 4 is 17.5 Å². The predicted molar refractivity (Wildman–Crippen MR) is 117 cm³/mol. The number of rotatable bonds is 6. The lowest BCUT2D eigenvalue weighted by Gasteiger charge is -2.28. The monoisotopic (exact) mass is 430 g/mol. The molecule has 162 valence electrons. The van der Waals surface area contributed by atoms with Gasteiger partial charge in [0.05, 0.1) is 5.92 Å². The minimum absolute atomic E-state index is 0.109. The molecule has 30 heavy (non-hydrogen) atoms. The second-order valence-corrected chi connectivity index (χ2v) is 8.85. The van der Waals surface area contributed by atoms with Crippen LogP contribution in [0.4, 0.5) is 0 Å². The van der Waals surface area contributed by atoms with Crippen LogP contribution in [0.5, 0.6) is 0 Å². The molecular formula is C22H31ClN6O. The van der Waals surface area contributed by atoms with Crippen molar-refractivity contribution in [3.8, 4) is 0 Å². The maximum Gasteiger partial charge on any atom is 0.224 e. The van der Waals surface area contributed by atoms with Gasteiger partial charge in [0.15, 0.2) is 0 Å². The first kappa shape index (κ1) is 21.3. The van der Waals surface area contributed by atoms with E-state index in [2.05, 4.69) is 43.0 Å². The van der Waals surface area contributed by atoms with Crippen molar-refractivity contribution in [2.24, 2.45) is 5.92 Å². The lowest BCUT2D eigenvalue weighted by Crippen LogP contribution is -2.42. The van der Waals surface area contributed by atoms with Crippen LogP contribution in [0, 0.1) is 5.92 Å². The van der Waals surface area contributed by atoms with Crippen LogP contribution in [0.2, 0.25) is 5.02 Å². The van der Waals surface area contributed by atoms with Crippen molar-refractivity contribution in [2.75, 3.05) is 39.8 Å². The topological polar surface area (TPSA) is 66.3 Å². The lowest BCUT2D eigenvalue weighted by atomic mass is 9.97. The van der Waals surface area contributed by atoms with Crippen molar-refractivity contribution < 1.29 is 4.79 Å². The summed E-state index contributed by atoms with van der Waals surface area (Å²) in [5.41, 5.74) is 1.16.